The molecule has 0 aliphatic heterocycles. The second-order valence-corrected chi connectivity index (χ2v) is 9.74. The van der Waals surface area contributed by atoms with Gasteiger partial charge in [-0.25, -0.2) is 0 Å². The Labute approximate surface area is 210 Å². The smallest absolute Gasteiger partial charge is 0.255 e. The van der Waals surface area contributed by atoms with Crippen molar-refractivity contribution in [1.29, 1.82) is 0 Å². The van der Waals surface area contributed by atoms with Crippen LogP contribution in [0.1, 0.15) is 37.9 Å². The first kappa shape index (κ1) is 24.3. The molecule has 2 N–H and O–H groups in total. The van der Waals surface area contributed by atoms with Gasteiger partial charge < -0.3 is 10.6 Å². The maximum atomic E-state index is 13.4. The minimum absolute atomic E-state index is 0.0771. The van der Waals surface area contributed by atoms with Crippen LogP contribution in [-0.4, -0.2) is 11.8 Å². The van der Waals surface area contributed by atoms with E-state index in [0.717, 1.165) is 32.8 Å². The van der Waals surface area contributed by atoms with E-state index in [9.17, 15) is 9.59 Å². The molecule has 4 nitrogen and oxygen atoms in total. The predicted octanol–water partition coefficient (Wildman–Crippen LogP) is 7.34. The molecule has 4 rings (SSSR count). The number of anilines is 2. The highest BCUT2D eigenvalue weighted by Crippen LogP contribution is 2.37. The van der Waals surface area contributed by atoms with Crippen molar-refractivity contribution < 1.29 is 9.59 Å². The minimum Gasteiger partial charge on any atom is -0.325 e. The van der Waals surface area contributed by atoms with Gasteiger partial charge in [0.1, 0.15) is 5.25 Å². The quantitative estimate of drug-likeness (QED) is 0.272. The Bertz CT molecular complexity index is 1330. The third-order valence-corrected chi connectivity index (χ3v) is 6.90. The molecule has 0 saturated heterocycles. The fourth-order valence-corrected chi connectivity index (χ4v) is 4.74. The molecule has 0 saturated carbocycles. The molecule has 2 amide bonds. The average Bonchev–Trinajstić information content (AvgIpc) is 2.86. The summed E-state index contributed by atoms with van der Waals surface area (Å²) >= 11 is 1.48. The zero-order valence-electron chi connectivity index (χ0n) is 20.0. The maximum absolute atomic E-state index is 13.4. The Hall–Kier alpha value is -3.83. The van der Waals surface area contributed by atoms with Crippen molar-refractivity contribution in [2.45, 2.75) is 30.9 Å². The highest BCUT2D eigenvalue weighted by Gasteiger charge is 2.23. The third kappa shape index (κ3) is 6.40. The summed E-state index contributed by atoms with van der Waals surface area (Å²) in [4.78, 5) is 26.9. The molecule has 0 aliphatic rings. The third-order valence-electron chi connectivity index (χ3n) is 5.64. The lowest BCUT2D eigenvalue weighted by Crippen LogP contribution is -2.19. The summed E-state index contributed by atoms with van der Waals surface area (Å²) in [6, 6.07) is 30.9. The van der Waals surface area contributed by atoms with Crippen LogP contribution in [0, 0.1) is 20.8 Å². The van der Waals surface area contributed by atoms with E-state index in [1.807, 2.05) is 112 Å². The lowest BCUT2D eigenvalue weighted by molar-refractivity contribution is -0.115. The van der Waals surface area contributed by atoms with Crippen LogP contribution in [0.15, 0.2) is 102 Å². The van der Waals surface area contributed by atoms with Gasteiger partial charge in [-0.2, -0.15) is 0 Å². The van der Waals surface area contributed by atoms with Crippen LogP contribution in [0.2, 0.25) is 0 Å². The normalized spacial score (nSPS) is 11.5. The fourth-order valence-electron chi connectivity index (χ4n) is 3.71. The van der Waals surface area contributed by atoms with Gasteiger partial charge in [-0.3, -0.25) is 9.59 Å². The summed E-state index contributed by atoms with van der Waals surface area (Å²) in [6.45, 7) is 5.96. The van der Waals surface area contributed by atoms with Gasteiger partial charge in [0.15, 0.2) is 0 Å². The maximum Gasteiger partial charge on any atom is 0.255 e. The molecule has 0 aromatic heterocycles. The minimum atomic E-state index is -0.427. The monoisotopic (exact) mass is 480 g/mol. The van der Waals surface area contributed by atoms with Crippen molar-refractivity contribution in [2.75, 3.05) is 10.6 Å². The molecule has 4 aromatic rings. The molecular weight excluding hydrogens is 452 g/mol. The van der Waals surface area contributed by atoms with Crippen molar-refractivity contribution in [3.63, 3.8) is 0 Å². The summed E-state index contributed by atoms with van der Waals surface area (Å²) in [5, 5.41) is 5.62. The number of benzene rings is 4. The number of hydrogen-bond acceptors (Lipinski definition) is 3. The molecule has 0 aliphatic carbocycles. The number of carbonyl (C=O) groups is 2. The van der Waals surface area contributed by atoms with Crippen LogP contribution in [0.5, 0.6) is 0 Å². The molecule has 0 fully saturated rings. The topological polar surface area (TPSA) is 58.2 Å². The first-order valence-electron chi connectivity index (χ1n) is 11.5. The standard InChI is InChI=1S/C30H28N2O2S/c1-20-8-7-11-24(18-20)29(33)31-25-14-16-26(17-15-25)35-28(23-9-5-4-6-10-23)30(34)32-27-19-21(2)12-13-22(27)3/h4-19,28H,1-3H3,(H,31,33)(H,32,34). The van der Waals surface area contributed by atoms with Gasteiger partial charge in [0.05, 0.1) is 0 Å². The molecule has 1 unspecified atom stereocenters. The van der Waals surface area contributed by atoms with Crippen molar-refractivity contribution in [2.24, 2.45) is 0 Å². The molecule has 0 heterocycles. The van der Waals surface area contributed by atoms with E-state index in [0.29, 0.717) is 11.3 Å². The van der Waals surface area contributed by atoms with Crippen LogP contribution >= 0.6 is 11.8 Å². The number of carbonyl (C=O) groups excluding carboxylic acids is 2. The number of nitrogens with one attached hydrogen (secondary N) is 2. The molecule has 35 heavy (non-hydrogen) atoms. The van der Waals surface area contributed by atoms with Crippen LogP contribution in [-0.2, 0) is 4.79 Å². The molecule has 0 spiro atoms. The second kappa shape index (κ2) is 11.1. The van der Waals surface area contributed by atoms with Crippen molar-refractivity contribution >= 4 is 35.0 Å². The van der Waals surface area contributed by atoms with Gasteiger partial charge >= 0.3 is 0 Å². The van der Waals surface area contributed by atoms with Gasteiger partial charge in [0.2, 0.25) is 5.91 Å². The summed E-state index contributed by atoms with van der Waals surface area (Å²) in [5.41, 5.74) is 6.23. The van der Waals surface area contributed by atoms with Gasteiger partial charge in [-0.15, -0.1) is 11.8 Å². The van der Waals surface area contributed by atoms with E-state index in [1.54, 1.807) is 6.07 Å². The number of rotatable bonds is 7. The molecule has 5 heteroatoms. The zero-order chi connectivity index (χ0) is 24.8. The lowest BCUT2D eigenvalue weighted by atomic mass is 10.1. The van der Waals surface area contributed by atoms with E-state index in [4.69, 9.17) is 0 Å². The summed E-state index contributed by atoms with van der Waals surface area (Å²) < 4.78 is 0. The van der Waals surface area contributed by atoms with Crippen molar-refractivity contribution in [1.82, 2.24) is 0 Å². The summed E-state index contributed by atoms with van der Waals surface area (Å²) in [5.74, 6) is -0.226. The molecule has 1 atom stereocenters. The van der Waals surface area contributed by atoms with Crippen LogP contribution in [0.4, 0.5) is 11.4 Å². The van der Waals surface area contributed by atoms with E-state index in [1.165, 1.54) is 11.8 Å². The Kier molecular flexibility index (Phi) is 7.68. The van der Waals surface area contributed by atoms with Crippen LogP contribution < -0.4 is 10.6 Å². The van der Waals surface area contributed by atoms with Crippen molar-refractivity contribution in [3.05, 3.63) is 125 Å². The van der Waals surface area contributed by atoms with E-state index < -0.39 is 5.25 Å². The van der Waals surface area contributed by atoms with Gasteiger partial charge in [0.25, 0.3) is 5.91 Å². The second-order valence-electron chi connectivity index (χ2n) is 8.56. The van der Waals surface area contributed by atoms with Crippen molar-refractivity contribution in [3.8, 4) is 0 Å². The first-order valence-corrected chi connectivity index (χ1v) is 12.3. The highest BCUT2D eigenvalue weighted by molar-refractivity contribution is 8.00. The molecule has 176 valence electrons. The Morgan fingerprint density at radius 3 is 2.14 bits per heavy atom. The average molecular weight is 481 g/mol. The highest BCUT2D eigenvalue weighted by atomic mass is 32.2. The SMILES string of the molecule is Cc1cccc(C(=O)Nc2ccc(SC(C(=O)Nc3cc(C)ccc3C)c3ccccc3)cc2)c1. The molecular formula is C30H28N2O2S. The summed E-state index contributed by atoms with van der Waals surface area (Å²) in [6.07, 6.45) is 0. The summed E-state index contributed by atoms with van der Waals surface area (Å²) in [7, 11) is 0. The molecule has 0 bridgehead atoms. The van der Waals surface area contributed by atoms with Gasteiger partial charge in [-0.05, 0) is 79.9 Å². The Morgan fingerprint density at radius 1 is 0.714 bits per heavy atom. The predicted molar refractivity (Wildman–Crippen MR) is 145 cm³/mol. The fraction of sp³-hybridized carbons (Fsp3) is 0.133. The number of hydrogen-bond donors (Lipinski definition) is 2. The van der Waals surface area contributed by atoms with E-state index in [2.05, 4.69) is 10.6 Å². The Morgan fingerprint density at radius 2 is 1.43 bits per heavy atom. The van der Waals surface area contributed by atoms with Gasteiger partial charge in [0, 0.05) is 21.8 Å². The molecule has 0 radical (unpaired) electrons. The lowest BCUT2D eigenvalue weighted by Gasteiger charge is -2.18. The largest absolute Gasteiger partial charge is 0.325 e. The number of amides is 2. The van der Waals surface area contributed by atoms with Gasteiger partial charge in [-0.1, -0.05) is 60.2 Å². The van der Waals surface area contributed by atoms with E-state index >= 15 is 0 Å². The first-order chi connectivity index (χ1) is 16.9. The van der Waals surface area contributed by atoms with Crippen LogP contribution in [0.3, 0.4) is 0 Å². The number of thioether (sulfide) groups is 1. The van der Waals surface area contributed by atoms with E-state index in [-0.39, 0.29) is 11.8 Å². The number of aryl methyl sites for hydroxylation is 3. The molecule has 4 aromatic carbocycles. The zero-order valence-corrected chi connectivity index (χ0v) is 20.9. The Balaban J connectivity index is 1.50. The van der Waals surface area contributed by atoms with Crippen LogP contribution in [0.25, 0.3) is 0 Å².